The van der Waals surface area contributed by atoms with Crippen molar-refractivity contribution in [3.63, 3.8) is 0 Å². The molecular formula is C19H21N3O. The Balaban J connectivity index is 1.73. The van der Waals surface area contributed by atoms with Gasteiger partial charge < -0.3 is 9.88 Å². The van der Waals surface area contributed by atoms with Crippen molar-refractivity contribution in [1.82, 2.24) is 14.9 Å². The second-order valence-corrected chi connectivity index (χ2v) is 5.67. The summed E-state index contributed by atoms with van der Waals surface area (Å²) in [6, 6.07) is 17.9. The Morgan fingerprint density at radius 3 is 2.52 bits per heavy atom. The van der Waals surface area contributed by atoms with Crippen molar-refractivity contribution in [1.29, 1.82) is 0 Å². The van der Waals surface area contributed by atoms with Gasteiger partial charge in [-0.05, 0) is 24.1 Å². The molecule has 0 aliphatic heterocycles. The lowest BCUT2D eigenvalue weighted by atomic mass is 9.96. The van der Waals surface area contributed by atoms with Crippen molar-refractivity contribution in [3.05, 3.63) is 66.0 Å². The number of imidazole rings is 1. The number of carbonyl (C=O) groups excluding carboxylic acids is 1. The number of fused-ring (bicyclic) bond motifs is 1. The Morgan fingerprint density at radius 1 is 1.13 bits per heavy atom. The largest absolute Gasteiger partial charge is 0.348 e. The molecule has 0 bridgehead atoms. The van der Waals surface area contributed by atoms with Gasteiger partial charge in [-0.25, -0.2) is 4.98 Å². The minimum atomic E-state index is -0.120. The van der Waals surface area contributed by atoms with E-state index in [0.717, 1.165) is 28.8 Å². The van der Waals surface area contributed by atoms with Gasteiger partial charge in [-0.3, -0.25) is 4.79 Å². The van der Waals surface area contributed by atoms with E-state index in [9.17, 15) is 4.79 Å². The van der Waals surface area contributed by atoms with Crippen LogP contribution in [0.5, 0.6) is 0 Å². The van der Waals surface area contributed by atoms with Gasteiger partial charge in [0.25, 0.3) is 0 Å². The second kappa shape index (κ2) is 6.65. The number of para-hydroxylation sites is 2. The van der Waals surface area contributed by atoms with Gasteiger partial charge in [-0.2, -0.15) is 0 Å². The molecule has 0 saturated heterocycles. The van der Waals surface area contributed by atoms with E-state index < -0.39 is 0 Å². The first-order valence-electron chi connectivity index (χ1n) is 7.93. The molecule has 0 fully saturated rings. The number of nitrogens with zero attached hydrogens (tertiary/aromatic N) is 2. The highest BCUT2D eigenvalue weighted by atomic mass is 16.1. The minimum absolute atomic E-state index is 0.0470. The summed E-state index contributed by atoms with van der Waals surface area (Å²) >= 11 is 0. The molecule has 0 unspecified atom stereocenters. The SMILES string of the molecule is CC[C@@H](C(=O)NCc1nc2ccccc2n1C)c1ccccc1. The van der Waals surface area contributed by atoms with Gasteiger partial charge in [0, 0.05) is 7.05 Å². The average Bonchev–Trinajstić information content (AvgIpc) is 2.91. The topological polar surface area (TPSA) is 46.9 Å². The number of aryl methyl sites for hydroxylation is 1. The van der Waals surface area contributed by atoms with Gasteiger partial charge in [0.05, 0.1) is 23.5 Å². The van der Waals surface area contributed by atoms with Gasteiger partial charge in [-0.15, -0.1) is 0 Å². The summed E-state index contributed by atoms with van der Waals surface area (Å²) in [6.45, 7) is 2.47. The maximum atomic E-state index is 12.5. The van der Waals surface area contributed by atoms with E-state index in [-0.39, 0.29) is 11.8 Å². The number of amides is 1. The van der Waals surface area contributed by atoms with Crippen LogP contribution in [0.15, 0.2) is 54.6 Å². The fourth-order valence-corrected chi connectivity index (χ4v) is 2.90. The Kier molecular flexibility index (Phi) is 4.42. The van der Waals surface area contributed by atoms with Crippen LogP contribution < -0.4 is 5.32 Å². The number of benzene rings is 2. The quantitative estimate of drug-likeness (QED) is 0.785. The Bertz CT molecular complexity index is 808. The number of carbonyl (C=O) groups is 1. The molecule has 2 aromatic carbocycles. The van der Waals surface area contributed by atoms with E-state index in [0.29, 0.717) is 6.54 Å². The van der Waals surface area contributed by atoms with Gasteiger partial charge >= 0.3 is 0 Å². The summed E-state index contributed by atoms with van der Waals surface area (Å²) in [4.78, 5) is 17.1. The zero-order valence-electron chi connectivity index (χ0n) is 13.5. The zero-order valence-corrected chi connectivity index (χ0v) is 13.5. The standard InChI is InChI=1S/C19H21N3O/c1-3-15(14-9-5-4-6-10-14)19(23)20-13-18-21-16-11-7-8-12-17(16)22(18)2/h4-12,15H,3,13H2,1-2H3,(H,20,23)/t15-/m1/s1. The third-order valence-electron chi connectivity index (χ3n) is 4.23. The summed E-state index contributed by atoms with van der Waals surface area (Å²) in [5, 5.41) is 3.03. The summed E-state index contributed by atoms with van der Waals surface area (Å²) in [5.41, 5.74) is 3.08. The van der Waals surface area contributed by atoms with Crippen LogP contribution in [0.4, 0.5) is 0 Å². The average molecular weight is 307 g/mol. The molecule has 3 rings (SSSR count). The lowest BCUT2D eigenvalue weighted by Gasteiger charge is -2.15. The summed E-state index contributed by atoms with van der Waals surface area (Å²) < 4.78 is 2.03. The predicted octanol–water partition coefficient (Wildman–Crippen LogP) is 3.38. The van der Waals surface area contributed by atoms with E-state index in [1.165, 1.54) is 0 Å². The molecule has 3 aromatic rings. The third-order valence-corrected chi connectivity index (χ3v) is 4.23. The molecule has 1 aromatic heterocycles. The van der Waals surface area contributed by atoms with Crippen molar-refractivity contribution < 1.29 is 4.79 Å². The maximum Gasteiger partial charge on any atom is 0.227 e. The van der Waals surface area contributed by atoms with Crippen molar-refractivity contribution in [3.8, 4) is 0 Å². The molecule has 23 heavy (non-hydrogen) atoms. The molecule has 1 atom stereocenters. The van der Waals surface area contributed by atoms with Crippen molar-refractivity contribution >= 4 is 16.9 Å². The molecule has 0 aliphatic rings. The molecule has 4 nitrogen and oxygen atoms in total. The van der Waals surface area contributed by atoms with Gasteiger partial charge in [-0.1, -0.05) is 49.4 Å². The normalized spacial score (nSPS) is 12.3. The number of hydrogen-bond donors (Lipinski definition) is 1. The fraction of sp³-hybridized carbons (Fsp3) is 0.263. The minimum Gasteiger partial charge on any atom is -0.348 e. The van der Waals surface area contributed by atoms with E-state index in [1.807, 2.05) is 73.1 Å². The van der Waals surface area contributed by atoms with Gasteiger partial charge in [0.15, 0.2) is 0 Å². The summed E-state index contributed by atoms with van der Waals surface area (Å²) in [6.07, 6.45) is 0.776. The monoisotopic (exact) mass is 307 g/mol. The van der Waals surface area contributed by atoms with Crippen LogP contribution in [0.1, 0.15) is 30.7 Å². The van der Waals surface area contributed by atoms with Crippen LogP contribution in [-0.2, 0) is 18.4 Å². The van der Waals surface area contributed by atoms with Crippen molar-refractivity contribution in [2.75, 3.05) is 0 Å². The first-order valence-corrected chi connectivity index (χ1v) is 7.93. The Morgan fingerprint density at radius 2 is 1.83 bits per heavy atom. The number of aromatic nitrogens is 2. The Labute approximate surface area is 136 Å². The van der Waals surface area contributed by atoms with E-state index in [4.69, 9.17) is 0 Å². The molecular weight excluding hydrogens is 286 g/mol. The van der Waals surface area contributed by atoms with E-state index in [1.54, 1.807) is 0 Å². The summed E-state index contributed by atoms with van der Waals surface area (Å²) in [5.74, 6) is 0.791. The number of rotatable bonds is 5. The first kappa shape index (κ1) is 15.3. The zero-order chi connectivity index (χ0) is 16.2. The van der Waals surface area contributed by atoms with E-state index in [2.05, 4.69) is 10.3 Å². The van der Waals surface area contributed by atoms with Gasteiger partial charge in [0.2, 0.25) is 5.91 Å². The molecule has 1 heterocycles. The lowest BCUT2D eigenvalue weighted by Crippen LogP contribution is -2.29. The van der Waals surface area contributed by atoms with Crippen molar-refractivity contribution in [2.24, 2.45) is 7.05 Å². The third kappa shape index (κ3) is 3.11. The number of nitrogens with one attached hydrogen (secondary N) is 1. The molecule has 0 saturated carbocycles. The first-order chi connectivity index (χ1) is 11.2. The van der Waals surface area contributed by atoms with Gasteiger partial charge in [0.1, 0.15) is 5.82 Å². The van der Waals surface area contributed by atoms with Crippen molar-refractivity contribution in [2.45, 2.75) is 25.8 Å². The highest BCUT2D eigenvalue weighted by Crippen LogP contribution is 2.20. The smallest absolute Gasteiger partial charge is 0.227 e. The van der Waals surface area contributed by atoms with Crippen LogP contribution in [-0.4, -0.2) is 15.5 Å². The van der Waals surface area contributed by atoms with Crippen LogP contribution in [0.3, 0.4) is 0 Å². The molecule has 0 radical (unpaired) electrons. The maximum absolute atomic E-state index is 12.5. The highest BCUT2D eigenvalue weighted by molar-refractivity contribution is 5.83. The van der Waals surface area contributed by atoms with Crippen LogP contribution >= 0.6 is 0 Å². The molecule has 0 spiro atoms. The Hall–Kier alpha value is -2.62. The number of hydrogen-bond acceptors (Lipinski definition) is 2. The van der Waals surface area contributed by atoms with Crippen LogP contribution in [0.2, 0.25) is 0 Å². The molecule has 1 N–H and O–H groups in total. The predicted molar refractivity (Wildman–Crippen MR) is 92.0 cm³/mol. The highest BCUT2D eigenvalue weighted by Gasteiger charge is 2.18. The van der Waals surface area contributed by atoms with Crippen LogP contribution in [0, 0.1) is 0 Å². The fourth-order valence-electron chi connectivity index (χ4n) is 2.90. The lowest BCUT2D eigenvalue weighted by molar-refractivity contribution is -0.122. The van der Waals surface area contributed by atoms with E-state index >= 15 is 0 Å². The molecule has 4 heteroatoms. The second-order valence-electron chi connectivity index (χ2n) is 5.67. The molecule has 118 valence electrons. The molecule has 1 amide bonds. The summed E-state index contributed by atoms with van der Waals surface area (Å²) in [7, 11) is 1.98. The molecule has 0 aliphatic carbocycles. The van der Waals surface area contributed by atoms with Crippen LogP contribution in [0.25, 0.3) is 11.0 Å².